The zero-order chi connectivity index (χ0) is 26.1. The molecule has 2 aromatic carbocycles. The van der Waals surface area contributed by atoms with Crippen molar-refractivity contribution in [3.8, 4) is 11.3 Å². The number of aromatic nitrogens is 2. The van der Waals surface area contributed by atoms with Crippen LogP contribution in [0, 0.1) is 0 Å². The van der Waals surface area contributed by atoms with Gasteiger partial charge >= 0.3 is 5.97 Å². The summed E-state index contributed by atoms with van der Waals surface area (Å²) in [5.41, 5.74) is 4.19. The summed E-state index contributed by atoms with van der Waals surface area (Å²) >= 11 is 0. The van der Waals surface area contributed by atoms with E-state index < -0.39 is 11.8 Å². The summed E-state index contributed by atoms with van der Waals surface area (Å²) in [5, 5.41) is 8.94. The molecule has 0 fully saturated rings. The predicted molar refractivity (Wildman–Crippen MR) is 140 cm³/mol. The Morgan fingerprint density at radius 3 is 2.56 bits per heavy atom. The molecule has 1 unspecified atom stereocenters. The number of likely N-dealkylation sites (N-methyl/N-ethyl adjacent to an activating group) is 1. The quantitative estimate of drug-likeness (QED) is 0.259. The van der Waals surface area contributed by atoms with Crippen LogP contribution in [0.1, 0.15) is 42.2 Å². The summed E-state index contributed by atoms with van der Waals surface area (Å²) < 4.78 is 13.2. The van der Waals surface area contributed by atoms with Crippen LogP contribution in [0.2, 0.25) is 0 Å². The zero-order valence-electron chi connectivity index (χ0n) is 20.5. The highest BCUT2D eigenvalue weighted by atomic mass is 19.1. The van der Waals surface area contributed by atoms with Gasteiger partial charge < -0.3 is 10.0 Å². The van der Waals surface area contributed by atoms with E-state index in [9.17, 15) is 14.0 Å². The summed E-state index contributed by atoms with van der Waals surface area (Å²) in [5.74, 6) is -1.46. The largest absolute Gasteiger partial charge is 0.481 e. The summed E-state index contributed by atoms with van der Waals surface area (Å²) in [6, 6.07) is 14.7. The van der Waals surface area contributed by atoms with E-state index in [4.69, 9.17) is 15.1 Å². The van der Waals surface area contributed by atoms with Crippen molar-refractivity contribution in [1.82, 2.24) is 14.9 Å². The van der Waals surface area contributed by atoms with E-state index in [-0.39, 0.29) is 18.4 Å². The van der Waals surface area contributed by atoms with Crippen LogP contribution in [0.4, 0.5) is 4.39 Å². The van der Waals surface area contributed by atoms with Crippen LogP contribution in [0.15, 0.2) is 85.2 Å². The SMILES string of the molecule is C=C/C(F)=C\C=C\C(C)N(C)C(=O)c1ccc2nc(-c3ccccc3)c(CCCCC(=O)O)nc2c1. The molecule has 1 heterocycles. The maximum absolute atomic E-state index is 13.2. The van der Waals surface area contributed by atoms with Crippen LogP contribution in [0.3, 0.4) is 0 Å². The third-order valence-electron chi connectivity index (χ3n) is 5.86. The first kappa shape index (κ1) is 26.5. The highest BCUT2D eigenvalue weighted by molar-refractivity contribution is 5.97. The number of fused-ring (bicyclic) bond motifs is 1. The van der Waals surface area contributed by atoms with Gasteiger partial charge in [0.15, 0.2) is 0 Å². The molecule has 0 saturated heterocycles. The number of hydrogen-bond acceptors (Lipinski definition) is 4. The number of halogens is 1. The Kier molecular flexibility index (Phi) is 9.22. The molecule has 3 rings (SSSR count). The first-order valence-corrected chi connectivity index (χ1v) is 11.8. The monoisotopic (exact) mass is 487 g/mol. The number of unbranched alkanes of at least 4 members (excludes halogenated alkanes) is 1. The number of aliphatic carboxylic acids is 1. The number of benzene rings is 2. The number of carbonyl (C=O) groups is 2. The van der Waals surface area contributed by atoms with Gasteiger partial charge in [-0.25, -0.2) is 14.4 Å². The van der Waals surface area contributed by atoms with E-state index in [0.29, 0.717) is 35.9 Å². The molecule has 1 amide bonds. The molecule has 0 spiro atoms. The molecule has 7 heteroatoms. The molecular formula is C29H30FN3O3. The molecule has 0 aliphatic carbocycles. The number of carboxylic acids is 1. The molecule has 3 aromatic rings. The van der Waals surface area contributed by atoms with Gasteiger partial charge in [0.1, 0.15) is 5.83 Å². The minimum Gasteiger partial charge on any atom is -0.481 e. The van der Waals surface area contributed by atoms with Crippen LogP contribution in [0.5, 0.6) is 0 Å². The molecule has 1 aromatic heterocycles. The summed E-state index contributed by atoms with van der Waals surface area (Å²) in [4.78, 5) is 35.2. The number of amides is 1. The Hall–Kier alpha value is -4.13. The third kappa shape index (κ3) is 6.95. The molecule has 1 atom stereocenters. The lowest BCUT2D eigenvalue weighted by Crippen LogP contribution is -2.33. The summed E-state index contributed by atoms with van der Waals surface area (Å²) in [6.45, 7) is 5.21. The Labute approximate surface area is 210 Å². The van der Waals surface area contributed by atoms with Gasteiger partial charge in [0.05, 0.1) is 22.4 Å². The molecule has 0 radical (unpaired) electrons. The standard InChI is InChI=1S/C29H30FN3O3/c1-4-23(30)14-10-11-20(2)33(3)29(36)22-17-18-24-26(19-22)31-25(15-8-9-16-27(34)35)28(32-24)21-12-6-5-7-13-21/h4-7,10-14,17-20H,1,8-9,15-16H2,2-3H3,(H,34,35)/b11-10+,23-14+. The van der Waals surface area contributed by atoms with E-state index in [1.54, 1.807) is 42.3 Å². The molecule has 186 valence electrons. The maximum Gasteiger partial charge on any atom is 0.303 e. The smallest absolute Gasteiger partial charge is 0.303 e. The average molecular weight is 488 g/mol. The number of hydrogen-bond donors (Lipinski definition) is 1. The van der Waals surface area contributed by atoms with Crippen LogP contribution in [-0.4, -0.2) is 44.9 Å². The Bertz CT molecular complexity index is 1300. The van der Waals surface area contributed by atoms with E-state index >= 15 is 0 Å². The van der Waals surface area contributed by atoms with Gasteiger partial charge in [-0.2, -0.15) is 0 Å². The maximum atomic E-state index is 13.2. The minimum atomic E-state index is -0.818. The first-order chi connectivity index (χ1) is 17.3. The first-order valence-electron chi connectivity index (χ1n) is 11.8. The molecule has 0 bridgehead atoms. The Balaban J connectivity index is 1.90. The topological polar surface area (TPSA) is 83.4 Å². The van der Waals surface area contributed by atoms with Gasteiger partial charge in [-0.05, 0) is 56.5 Å². The molecule has 0 saturated carbocycles. The minimum absolute atomic E-state index is 0.106. The number of rotatable bonds is 11. The van der Waals surface area contributed by atoms with Crippen molar-refractivity contribution in [2.75, 3.05) is 7.05 Å². The number of carbonyl (C=O) groups excluding carboxylic acids is 1. The van der Waals surface area contributed by atoms with Gasteiger partial charge in [-0.1, -0.05) is 49.1 Å². The molecule has 0 aliphatic rings. The second-order valence-electron chi connectivity index (χ2n) is 8.49. The highest BCUT2D eigenvalue weighted by Gasteiger charge is 2.18. The van der Waals surface area contributed by atoms with Crippen molar-refractivity contribution in [3.05, 3.63) is 96.5 Å². The van der Waals surface area contributed by atoms with Gasteiger partial charge in [0, 0.05) is 30.6 Å². The normalized spacial score (nSPS) is 12.6. The fraction of sp³-hybridized carbons (Fsp3) is 0.241. The van der Waals surface area contributed by atoms with Gasteiger partial charge in [0.2, 0.25) is 0 Å². The van der Waals surface area contributed by atoms with Crippen molar-refractivity contribution in [3.63, 3.8) is 0 Å². The summed E-state index contributed by atoms with van der Waals surface area (Å²) in [7, 11) is 1.69. The molecule has 0 aliphatic heterocycles. The average Bonchev–Trinajstić information content (AvgIpc) is 2.89. The molecule has 1 N–H and O–H groups in total. The van der Waals surface area contributed by atoms with Crippen LogP contribution < -0.4 is 0 Å². The molecule has 36 heavy (non-hydrogen) atoms. The number of nitrogens with zero attached hydrogens (tertiary/aromatic N) is 3. The van der Waals surface area contributed by atoms with Gasteiger partial charge in [-0.15, -0.1) is 0 Å². The van der Waals surface area contributed by atoms with E-state index in [0.717, 1.165) is 23.0 Å². The summed E-state index contributed by atoms with van der Waals surface area (Å²) in [6.07, 6.45) is 7.58. The van der Waals surface area contributed by atoms with Crippen molar-refractivity contribution in [2.45, 2.75) is 38.6 Å². The molecule has 6 nitrogen and oxygen atoms in total. The lowest BCUT2D eigenvalue weighted by atomic mass is 10.0. The van der Waals surface area contributed by atoms with Crippen molar-refractivity contribution in [1.29, 1.82) is 0 Å². The third-order valence-corrected chi connectivity index (χ3v) is 5.86. The highest BCUT2D eigenvalue weighted by Crippen LogP contribution is 2.25. The van der Waals surface area contributed by atoms with Crippen LogP contribution in [-0.2, 0) is 11.2 Å². The Morgan fingerprint density at radius 2 is 1.86 bits per heavy atom. The fourth-order valence-corrected chi connectivity index (χ4v) is 3.69. The fourth-order valence-electron chi connectivity index (χ4n) is 3.69. The van der Waals surface area contributed by atoms with Crippen LogP contribution >= 0.6 is 0 Å². The van der Waals surface area contributed by atoms with E-state index in [1.165, 1.54) is 6.08 Å². The van der Waals surface area contributed by atoms with Crippen molar-refractivity contribution in [2.24, 2.45) is 0 Å². The second kappa shape index (κ2) is 12.5. The number of aryl methyl sites for hydroxylation is 1. The number of allylic oxidation sites excluding steroid dienone is 4. The van der Waals surface area contributed by atoms with Gasteiger partial charge in [0.25, 0.3) is 5.91 Å². The van der Waals surface area contributed by atoms with Gasteiger partial charge in [-0.3, -0.25) is 9.59 Å². The predicted octanol–water partition coefficient (Wildman–Crippen LogP) is 6.15. The van der Waals surface area contributed by atoms with E-state index in [2.05, 4.69) is 6.58 Å². The van der Waals surface area contributed by atoms with E-state index in [1.807, 2.05) is 37.3 Å². The molecular weight excluding hydrogens is 457 g/mol. The van der Waals surface area contributed by atoms with Crippen molar-refractivity contribution >= 4 is 22.9 Å². The lowest BCUT2D eigenvalue weighted by molar-refractivity contribution is -0.137. The Morgan fingerprint density at radius 1 is 1.11 bits per heavy atom. The van der Waals surface area contributed by atoms with Crippen molar-refractivity contribution < 1.29 is 19.1 Å². The van der Waals surface area contributed by atoms with Crippen LogP contribution in [0.25, 0.3) is 22.3 Å². The lowest BCUT2D eigenvalue weighted by Gasteiger charge is -2.22. The number of carboxylic acid groups (broad SMARTS) is 1. The zero-order valence-corrected chi connectivity index (χ0v) is 20.5. The second-order valence-corrected chi connectivity index (χ2v) is 8.49.